The predicted octanol–water partition coefficient (Wildman–Crippen LogP) is 3.47. The van der Waals surface area contributed by atoms with Crippen molar-refractivity contribution in [1.82, 2.24) is 14.9 Å². The third-order valence-corrected chi connectivity index (χ3v) is 4.71. The Morgan fingerprint density at radius 2 is 1.96 bits per heavy atom. The van der Waals surface area contributed by atoms with E-state index in [4.69, 9.17) is 10.00 Å². The molecular weight excluding hydrogens is 320 g/mol. The summed E-state index contributed by atoms with van der Waals surface area (Å²) in [5, 5.41) is 9.84. The van der Waals surface area contributed by atoms with Gasteiger partial charge in [0, 0.05) is 19.5 Å². The molecule has 1 aromatic carbocycles. The van der Waals surface area contributed by atoms with Gasteiger partial charge in [0.15, 0.2) is 5.16 Å². The molecule has 0 fully saturated rings. The van der Waals surface area contributed by atoms with Crippen LogP contribution in [0.15, 0.2) is 17.3 Å². The molecule has 0 atom stereocenters. The molecule has 6 heteroatoms. The van der Waals surface area contributed by atoms with E-state index in [1.165, 1.54) is 11.8 Å². The van der Waals surface area contributed by atoms with Crippen molar-refractivity contribution in [2.24, 2.45) is 0 Å². The topological polar surface area (TPSA) is 62.0 Å². The number of nitrogens with zero attached hydrogens (tertiary/aromatic N) is 4. The molecule has 0 saturated carbocycles. The largest absolute Gasteiger partial charge is 0.438 e. The normalized spacial score (nSPS) is 14.1. The number of fused-ring (bicyclic) bond motifs is 1. The highest BCUT2D eigenvalue weighted by atomic mass is 32.2. The Morgan fingerprint density at radius 1 is 1.25 bits per heavy atom. The number of hydrogen-bond acceptors (Lipinski definition) is 6. The van der Waals surface area contributed by atoms with Gasteiger partial charge in [0.2, 0.25) is 5.88 Å². The number of hydrogen-bond donors (Lipinski definition) is 0. The molecule has 1 aliphatic heterocycles. The molecule has 2 heterocycles. The van der Waals surface area contributed by atoms with Crippen LogP contribution in [-0.4, -0.2) is 34.7 Å². The molecule has 2 aromatic rings. The minimum absolute atomic E-state index is 0.631. The van der Waals surface area contributed by atoms with E-state index in [0.29, 0.717) is 11.4 Å². The van der Waals surface area contributed by atoms with Crippen molar-refractivity contribution in [3.8, 4) is 17.7 Å². The van der Waals surface area contributed by atoms with E-state index in [1.807, 2.05) is 32.2 Å². The summed E-state index contributed by atoms with van der Waals surface area (Å²) in [5.41, 5.74) is 4.66. The molecule has 0 spiro atoms. The molecule has 1 aliphatic rings. The van der Waals surface area contributed by atoms with Gasteiger partial charge in [-0.1, -0.05) is 11.8 Å². The molecule has 24 heavy (non-hydrogen) atoms. The Hall–Kier alpha value is -2.10. The highest BCUT2D eigenvalue weighted by Gasteiger charge is 2.22. The van der Waals surface area contributed by atoms with Crippen molar-refractivity contribution < 1.29 is 4.74 Å². The summed E-state index contributed by atoms with van der Waals surface area (Å²) in [5.74, 6) is 1.40. The fourth-order valence-electron chi connectivity index (χ4n) is 2.95. The van der Waals surface area contributed by atoms with Crippen LogP contribution in [0.1, 0.15) is 27.9 Å². The number of benzene rings is 1. The quantitative estimate of drug-likeness (QED) is 0.630. The molecule has 124 valence electrons. The summed E-state index contributed by atoms with van der Waals surface area (Å²) in [7, 11) is 2.09. The summed E-state index contributed by atoms with van der Waals surface area (Å²) in [4.78, 5) is 11.5. The average molecular weight is 340 g/mol. The van der Waals surface area contributed by atoms with Gasteiger partial charge in [-0.15, -0.1) is 0 Å². The molecule has 0 bridgehead atoms. The van der Waals surface area contributed by atoms with Gasteiger partial charge >= 0.3 is 0 Å². The summed E-state index contributed by atoms with van der Waals surface area (Å²) in [6.45, 7) is 5.69. The first-order chi connectivity index (χ1) is 11.5. The van der Waals surface area contributed by atoms with E-state index >= 15 is 0 Å². The number of nitriles is 1. The fourth-order valence-corrected chi connectivity index (χ4v) is 3.32. The van der Waals surface area contributed by atoms with E-state index in [2.05, 4.69) is 28.0 Å². The molecule has 0 saturated heterocycles. The summed E-state index contributed by atoms with van der Waals surface area (Å²) < 4.78 is 6.23. The molecule has 0 radical (unpaired) electrons. The monoisotopic (exact) mass is 340 g/mol. The summed E-state index contributed by atoms with van der Waals surface area (Å²) in [6.07, 6.45) is 2.88. The lowest BCUT2D eigenvalue weighted by atomic mass is 10.1. The van der Waals surface area contributed by atoms with Crippen molar-refractivity contribution in [2.75, 3.05) is 19.8 Å². The second kappa shape index (κ2) is 6.80. The molecule has 0 amide bonds. The summed E-state index contributed by atoms with van der Waals surface area (Å²) >= 11 is 1.52. The van der Waals surface area contributed by atoms with Crippen molar-refractivity contribution in [1.29, 1.82) is 5.26 Å². The molecule has 0 aliphatic carbocycles. The maximum atomic E-state index is 9.10. The van der Waals surface area contributed by atoms with Gasteiger partial charge in [-0.2, -0.15) is 10.2 Å². The first-order valence-corrected chi connectivity index (χ1v) is 9.05. The lowest BCUT2D eigenvalue weighted by Gasteiger charge is -2.26. The van der Waals surface area contributed by atoms with Crippen molar-refractivity contribution >= 4 is 11.8 Å². The molecular formula is C18H20N4OS. The molecule has 5 nitrogen and oxygen atoms in total. The number of thioether (sulfide) groups is 1. The number of aromatic nitrogens is 2. The second-order valence-electron chi connectivity index (χ2n) is 6.08. The van der Waals surface area contributed by atoms with Crippen LogP contribution in [0, 0.1) is 25.2 Å². The van der Waals surface area contributed by atoms with E-state index in [1.54, 1.807) is 0 Å². The van der Waals surface area contributed by atoms with Crippen LogP contribution < -0.4 is 4.74 Å². The van der Waals surface area contributed by atoms with Crippen LogP contribution in [0.3, 0.4) is 0 Å². The standard InChI is InChI=1S/C18H20N4OS/c1-11-7-13(9-19)8-12(2)16(11)23-17-14-10-22(3)6-5-15(14)20-18(21-17)24-4/h7-8H,5-6,10H2,1-4H3. The highest BCUT2D eigenvalue weighted by molar-refractivity contribution is 7.98. The number of ether oxygens (including phenoxy) is 1. The van der Waals surface area contributed by atoms with Gasteiger partial charge in [0.1, 0.15) is 5.75 Å². The van der Waals surface area contributed by atoms with E-state index in [9.17, 15) is 0 Å². The van der Waals surface area contributed by atoms with Crippen LogP contribution in [-0.2, 0) is 13.0 Å². The van der Waals surface area contributed by atoms with Crippen LogP contribution in [0.5, 0.6) is 11.6 Å². The van der Waals surface area contributed by atoms with Gasteiger partial charge in [-0.3, -0.25) is 0 Å². The minimum Gasteiger partial charge on any atom is -0.438 e. The average Bonchev–Trinajstić information content (AvgIpc) is 2.57. The van der Waals surface area contributed by atoms with Crippen molar-refractivity contribution in [2.45, 2.75) is 32.0 Å². The van der Waals surface area contributed by atoms with Crippen molar-refractivity contribution in [3.05, 3.63) is 40.1 Å². The third kappa shape index (κ3) is 3.23. The second-order valence-corrected chi connectivity index (χ2v) is 6.85. The minimum atomic E-state index is 0.631. The maximum absolute atomic E-state index is 9.10. The van der Waals surface area contributed by atoms with E-state index in [0.717, 1.165) is 52.8 Å². The van der Waals surface area contributed by atoms with Crippen LogP contribution in [0.25, 0.3) is 0 Å². The first-order valence-electron chi connectivity index (χ1n) is 7.83. The van der Waals surface area contributed by atoms with Gasteiger partial charge in [0.25, 0.3) is 0 Å². The molecule has 0 N–H and O–H groups in total. The van der Waals surface area contributed by atoms with Crippen LogP contribution in [0.2, 0.25) is 0 Å². The van der Waals surface area contributed by atoms with Gasteiger partial charge in [0.05, 0.1) is 22.9 Å². The Bertz CT molecular complexity index is 805. The Kier molecular flexibility index (Phi) is 4.74. The fraction of sp³-hybridized carbons (Fsp3) is 0.389. The Morgan fingerprint density at radius 3 is 2.58 bits per heavy atom. The van der Waals surface area contributed by atoms with Crippen LogP contribution >= 0.6 is 11.8 Å². The zero-order valence-corrected chi connectivity index (χ0v) is 15.2. The first kappa shape index (κ1) is 16.7. The van der Waals surface area contributed by atoms with Gasteiger partial charge in [-0.25, -0.2) is 4.98 Å². The zero-order chi connectivity index (χ0) is 17.3. The number of rotatable bonds is 3. The zero-order valence-electron chi connectivity index (χ0n) is 14.4. The number of likely N-dealkylation sites (N-methyl/N-ethyl adjacent to an activating group) is 1. The smallest absolute Gasteiger partial charge is 0.228 e. The SMILES string of the molecule is CSc1nc2c(c(Oc3c(C)cc(C#N)cc3C)n1)CN(C)CC2. The Balaban J connectivity index is 2.06. The lowest BCUT2D eigenvalue weighted by molar-refractivity contribution is 0.298. The summed E-state index contributed by atoms with van der Waals surface area (Å²) in [6, 6.07) is 5.87. The van der Waals surface area contributed by atoms with E-state index in [-0.39, 0.29) is 0 Å². The van der Waals surface area contributed by atoms with Crippen LogP contribution in [0.4, 0.5) is 0 Å². The van der Waals surface area contributed by atoms with Crippen molar-refractivity contribution in [3.63, 3.8) is 0 Å². The van der Waals surface area contributed by atoms with Gasteiger partial charge < -0.3 is 9.64 Å². The molecule has 3 rings (SSSR count). The maximum Gasteiger partial charge on any atom is 0.228 e. The molecule has 1 aromatic heterocycles. The highest BCUT2D eigenvalue weighted by Crippen LogP contribution is 2.34. The predicted molar refractivity (Wildman–Crippen MR) is 94.6 cm³/mol. The Labute approximate surface area is 146 Å². The van der Waals surface area contributed by atoms with Gasteiger partial charge in [-0.05, 0) is 50.4 Å². The number of aryl methyl sites for hydroxylation is 2. The lowest BCUT2D eigenvalue weighted by Crippen LogP contribution is -2.28. The third-order valence-electron chi connectivity index (χ3n) is 4.16. The molecule has 0 unspecified atom stereocenters. The van der Waals surface area contributed by atoms with E-state index < -0.39 is 0 Å².